The molecule has 3 N–H and O–H groups in total. The maximum Gasteiger partial charge on any atom is 0.271 e. The molecule has 2 rings (SSSR count). The Kier molecular flexibility index (Phi) is 2.30. The van der Waals surface area contributed by atoms with E-state index >= 15 is 0 Å². The Labute approximate surface area is 84.6 Å². The summed E-state index contributed by atoms with van der Waals surface area (Å²) >= 11 is 0. The van der Waals surface area contributed by atoms with Gasteiger partial charge in [0.05, 0.1) is 18.5 Å². The van der Waals surface area contributed by atoms with Gasteiger partial charge in [0.2, 0.25) is 0 Å². The molecule has 0 radical (unpaired) electrons. The van der Waals surface area contributed by atoms with Crippen molar-refractivity contribution in [3.05, 3.63) is 17.6 Å². The lowest BCUT2D eigenvalue weighted by Gasteiger charge is -1.96. The zero-order valence-electron chi connectivity index (χ0n) is 7.98. The lowest BCUT2D eigenvalue weighted by atomic mass is 10.3. The first-order valence-electron chi connectivity index (χ1n) is 4.29. The normalized spacial score (nSPS) is 10.5. The second-order valence-electron chi connectivity index (χ2n) is 2.87. The fourth-order valence-corrected chi connectivity index (χ4v) is 1.19. The Hall–Kier alpha value is -2.02. The SMILES string of the molecule is CNC(=O)c1[nH]nc2ncc(CO)nc12. The number of aliphatic hydroxyl groups excluding tert-OH is 1. The molecule has 2 aromatic rings. The largest absolute Gasteiger partial charge is 0.390 e. The maximum atomic E-state index is 11.4. The van der Waals surface area contributed by atoms with E-state index in [1.165, 1.54) is 13.2 Å². The average molecular weight is 207 g/mol. The summed E-state index contributed by atoms with van der Waals surface area (Å²) in [5.41, 5.74) is 1.36. The van der Waals surface area contributed by atoms with Gasteiger partial charge in [-0.3, -0.25) is 9.89 Å². The number of hydrogen-bond acceptors (Lipinski definition) is 5. The molecule has 0 saturated carbocycles. The van der Waals surface area contributed by atoms with Crippen LogP contribution in [0.4, 0.5) is 0 Å². The molecule has 0 aliphatic carbocycles. The molecule has 1 amide bonds. The molecule has 0 aliphatic rings. The van der Waals surface area contributed by atoms with Crippen molar-refractivity contribution in [2.45, 2.75) is 6.61 Å². The molecule has 2 aromatic heterocycles. The van der Waals surface area contributed by atoms with Crippen molar-refractivity contribution in [3.63, 3.8) is 0 Å². The molecule has 0 atom stereocenters. The van der Waals surface area contributed by atoms with Crippen molar-refractivity contribution in [2.75, 3.05) is 7.05 Å². The number of amides is 1. The highest BCUT2D eigenvalue weighted by Gasteiger charge is 2.14. The highest BCUT2D eigenvalue weighted by Crippen LogP contribution is 2.11. The summed E-state index contributed by atoms with van der Waals surface area (Å²) in [6, 6.07) is 0. The second-order valence-corrected chi connectivity index (χ2v) is 2.87. The van der Waals surface area contributed by atoms with Crippen molar-refractivity contribution in [1.29, 1.82) is 0 Å². The monoisotopic (exact) mass is 207 g/mol. The first-order chi connectivity index (χ1) is 7.26. The van der Waals surface area contributed by atoms with E-state index in [2.05, 4.69) is 25.5 Å². The van der Waals surface area contributed by atoms with Gasteiger partial charge in [0, 0.05) is 7.05 Å². The second kappa shape index (κ2) is 3.62. The zero-order valence-corrected chi connectivity index (χ0v) is 7.98. The third-order valence-corrected chi connectivity index (χ3v) is 1.93. The molecular formula is C8H9N5O2. The van der Waals surface area contributed by atoms with E-state index in [-0.39, 0.29) is 18.2 Å². The van der Waals surface area contributed by atoms with Gasteiger partial charge >= 0.3 is 0 Å². The van der Waals surface area contributed by atoms with E-state index in [4.69, 9.17) is 5.11 Å². The molecule has 2 heterocycles. The van der Waals surface area contributed by atoms with Gasteiger partial charge < -0.3 is 10.4 Å². The Morgan fingerprint density at radius 3 is 3.13 bits per heavy atom. The number of carbonyl (C=O) groups excluding carboxylic acids is 1. The van der Waals surface area contributed by atoms with Crippen LogP contribution in [0.5, 0.6) is 0 Å². The van der Waals surface area contributed by atoms with E-state index in [0.717, 1.165) is 0 Å². The fraction of sp³-hybridized carbons (Fsp3) is 0.250. The summed E-state index contributed by atoms with van der Waals surface area (Å²) in [5, 5.41) is 17.7. The van der Waals surface area contributed by atoms with Crippen LogP contribution in [0.25, 0.3) is 11.2 Å². The Morgan fingerprint density at radius 2 is 2.47 bits per heavy atom. The summed E-state index contributed by atoms with van der Waals surface area (Å²) in [6.45, 7) is -0.221. The molecule has 0 aliphatic heterocycles. The highest BCUT2D eigenvalue weighted by atomic mass is 16.3. The molecule has 0 bridgehead atoms. The van der Waals surface area contributed by atoms with Crippen molar-refractivity contribution in [1.82, 2.24) is 25.5 Å². The molecule has 78 valence electrons. The number of aliphatic hydroxyl groups is 1. The van der Waals surface area contributed by atoms with E-state index in [9.17, 15) is 4.79 Å². The Bertz CT molecular complexity index is 507. The quantitative estimate of drug-likeness (QED) is 0.598. The fourth-order valence-electron chi connectivity index (χ4n) is 1.19. The van der Waals surface area contributed by atoms with E-state index in [1.807, 2.05) is 0 Å². The van der Waals surface area contributed by atoms with Crippen molar-refractivity contribution >= 4 is 17.1 Å². The zero-order chi connectivity index (χ0) is 10.8. The summed E-state index contributed by atoms with van der Waals surface area (Å²) in [4.78, 5) is 19.4. The van der Waals surface area contributed by atoms with E-state index < -0.39 is 0 Å². The topological polar surface area (TPSA) is 104 Å². The number of fused-ring (bicyclic) bond motifs is 1. The third kappa shape index (κ3) is 1.52. The van der Waals surface area contributed by atoms with Gasteiger partial charge in [-0.25, -0.2) is 9.97 Å². The van der Waals surface area contributed by atoms with Crippen LogP contribution >= 0.6 is 0 Å². The van der Waals surface area contributed by atoms with Gasteiger partial charge in [-0.2, -0.15) is 5.10 Å². The predicted molar refractivity (Wildman–Crippen MR) is 51.0 cm³/mol. The minimum Gasteiger partial charge on any atom is -0.390 e. The maximum absolute atomic E-state index is 11.4. The predicted octanol–water partition coefficient (Wildman–Crippen LogP) is -0.795. The molecular weight excluding hydrogens is 198 g/mol. The third-order valence-electron chi connectivity index (χ3n) is 1.93. The number of hydrogen-bond donors (Lipinski definition) is 3. The Morgan fingerprint density at radius 1 is 1.67 bits per heavy atom. The van der Waals surface area contributed by atoms with Gasteiger partial charge in [0.1, 0.15) is 5.52 Å². The lowest BCUT2D eigenvalue weighted by Crippen LogP contribution is -2.18. The van der Waals surface area contributed by atoms with Crippen molar-refractivity contribution < 1.29 is 9.90 Å². The first-order valence-corrected chi connectivity index (χ1v) is 4.29. The van der Waals surface area contributed by atoms with Crippen LogP contribution in [-0.4, -0.2) is 38.2 Å². The van der Waals surface area contributed by atoms with Gasteiger partial charge in [0.15, 0.2) is 11.3 Å². The van der Waals surface area contributed by atoms with Crippen LogP contribution < -0.4 is 5.32 Å². The van der Waals surface area contributed by atoms with Crippen LogP contribution in [-0.2, 0) is 6.61 Å². The van der Waals surface area contributed by atoms with Crippen molar-refractivity contribution in [3.8, 4) is 0 Å². The number of nitrogens with zero attached hydrogens (tertiary/aromatic N) is 3. The van der Waals surface area contributed by atoms with Gasteiger partial charge in [-0.05, 0) is 0 Å². The number of carbonyl (C=O) groups is 1. The van der Waals surface area contributed by atoms with Crippen LogP contribution in [0.15, 0.2) is 6.20 Å². The summed E-state index contributed by atoms with van der Waals surface area (Å²) in [7, 11) is 1.51. The van der Waals surface area contributed by atoms with Crippen LogP contribution in [0.1, 0.15) is 16.2 Å². The van der Waals surface area contributed by atoms with Gasteiger partial charge in [-0.1, -0.05) is 0 Å². The minimum atomic E-state index is -0.318. The number of nitrogens with one attached hydrogen (secondary N) is 2. The molecule has 0 saturated heterocycles. The number of aromatic amines is 1. The molecule has 0 unspecified atom stereocenters. The molecule has 0 spiro atoms. The highest BCUT2D eigenvalue weighted by molar-refractivity contribution is 6.02. The minimum absolute atomic E-state index is 0.221. The van der Waals surface area contributed by atoms with Crippen LogP contribution in [0.3, 0.4) is 0 Å². The average Bonchev–Trinajstić information content (AvgIpc) is 2.70. The summed E-state index contributed by atoms with van der Waals surface area (Å²) in [5.74, 6) is -0.318. The summed E-state index contributed by atoms with van der Waals surface area (Å²) in [6.07, 6.45) is 1.41. The van der Waals surface area contributed by atoms with E-state index in [0.29, 0.717) is 16.9 Å². The number of rotatable bonds is 2. The number of H-pyrrole nitrogens is 1. The van der Waals surface area contributed by atoms with Crippen molar-refractivity contribution in [2.24, 2.45) is 0 Å². The molecule has 15 heavy (non-hydrogen) atoms. The molecule has 7 heteroatoms. The van der Waals surface area contributed by atoms with Gasteiger partial charge in [0.25, 0.3) is 5.91 Å². The Balaban J connectivity index is 2.61. The lowest BCUT2D eigenvalue weighted by molar-refractivity contribution is 0.0959. The van der Waals surface area contributed by atoms with E-state index in [1.54, 1.807) is 0 Å². The van der Waals surface area contributed by atoms with Crippen LogP contribution in [0, 0.1) is 0 Å². The smallest absolute Gasteiger partial charge is 0.271 e. The molecule has 0 aromatic carbocycles. The summed E-state index contributed by atoms with van der Waals surface area (Å²) < 4.78 is 0. The first kappa shape index (κ1) is 9.53. The van der Waals surface area contributed by atoms with Gasteiger partial charge in [-0.15, -0.1) is 0 Å². The molecule has 7 nitrogen and oxygen atoms in total. The standard InChI is InChI=1S/C8H9N5O2/c1-9-8(15)6-5-7(13-12-6)10-2-4(3-14)11-5/h2,14H,3H2,1H3,(H,9,15)(H,10,12,13). The van der Waals surface area contributed by atoms with Crippen LogP contribution in [0.2, 0.25) is 0 Å². The molecule has 0 fully saturated rings. The number of aromatic nitrogens is 4.